The minimum absolute atomic E-state index is 0.302. The van der Waals surface area contributed by atoms with Crippen molar-refractivity contribution in [1.29, 1.82) is 0 Å². The molecular weight excluding hydrogens is 209 g/mol. The second-order valence-electron chi connectivity index (χ2n) is 2.70. The minimum Gasteiger partial charge on any atom is -0.240 e. The Labute approximate surface area is 84.2 Å². The van der Waals surface area contributed by atoms with Gasteiger partial charge in [-0.05, 0) is 18.6 Å². The molecule has 0 aliphatic carbocycles. The Morgan fingerprint density at radius 1 is 1.54 bits per heavy atom. The molecule has 0 atom stereocenters. The maximum atomic E-state index is 12.9. The van der Waals surface area contributed by atoms with E-state index >= 15 is 0 Å². The molecule has 0 saturated carbocycles. The van der Waals surface area contributed by atoms with Gasteiger partial charge in [-0.3, -0.25) is 0 Å². The lowest BCUT2D eigenvalue weighted by molar-refractivity contribution is 0.630. The molecule has 0 aliphatic rings. The third-order valence-corrected chi connectivity index (χ3v) is 3.19. The van der Waals surface area contributed by atoms with Gasteiger partial charge in [0.2, 0.25) is 0 Å². The standard InChI is InChI=1S/C9H7ClFNS/c1-2-8-12-9-6(10)3-5(11)4-7(9)13-8/h3-4H,2H2,1H3. The molecule has 1 heterocycles. The van der Waals surface area contributed by atoms with E-state index in [1.165, 1.54) is 23.5 Å². The van der Waals surface area contributed by atoms with Crippen molar-refractivity contribution in [2.24, 2.45) is 0 Å². The van der Waals surface area contributed by atoms with E-state index in [2.05, 4.69) is 4.98 Å². The van der Waals surface area contributed by atoms with Gasteiger partial charge in [0.25, 0.3) is 0 Å². The second kappa shape index (κ2) is 3.24. The molecule has 1 nitrogen and oxygen atoms in total. The van der Waals surface area contributed by atoms with Gasteiger partial charge in [0, 0.05) is 0 Å². The summed E-state index contributed by atoms with van der Waals surface area (Å²) >= 11 is 7.33. The number of aromatic nitrogens is 1. The van der Waals surface area contributed by atoms with Gasteiger partial charge in [-0.2, -0.15) is 0 Å². The van der Waals surface area contributed by atoms with Crippen LogP contribution in [-0.4, -0.2) is 4.98 Å². The van der Waals surface area contributed by atoms with Gasteiger partial charge >= 0.3 is 0 Å². The van der Waals surface area contributed by atoms with Gasteiger partial charge in [-0.25, -0.2) is 9.37 Å². The van der Waals surface area contributed by atoms with Crippen LogP contribution in [-0.2, 0) is 6.42 Å². The first-order chi connectivity index (χ1) is 6.20. The van der Waals surface area contributed by atoms with E-state index in [0.717, 1.165) is 16.1 Å². The van der Waals surface area contributed by atoms with Crippen molar-refractivity contribution in [3.8, 4) is 0 Å². The first-order valence-corrected chi connectivity index (χ1v) is 5.14. The zero-order chi connectivity index (χ0) is 9.42. The molecule has 4 heteroatoms. The molecule has 0 saturated heterocycles. The molecule has 0 fully saturated rings. The number of rotatable bonds is 1. The van der Waals surface area contributed by atoms with Crippen LogP contribution in [0.1, 0.15) is 11.9 Å². The highest BCUT2D eigenvalue weighted by molar-refractivity contribution is 7.18. The van der Waals surface area contributed by atoms with Crippen LogP contribution in [0.3, 0.4) is 0 Å². The van der Waals surface area contributed by atoms with Gasteiger partial charge in [0.15, 0.2) is 0 Å². The molecule has 0 unspecified atom stereocenters. The van der Waals surface area contributed by atoms with Crippen molar-refractivity contribution < 1.29 is 4.39 Å². The first-order valence-electron chi connectivity index (χ1n) is 3.95. The number of nitrogens with zero attached hydrogens (tertiary/aromatic N) is 1. The average molecular weight is 216 g/mol. The number of hydrogen-bond donors (Lipinski definition) is 0. The first kappa shape index (κ1) is 8.91. The van der Waals surface area contributed by atoms with Gasteiger partial charge in [-0.1, -0.05) is 18.5 Å². The number of halogens is 2. The Kier molecular flexibility index (Phi) is 2.22. The molecule has 1 aromatic heterocycles. The molecule has 2 aromatic rings. The maximum absolute atomic E-state index is 12.9. The molecule has 0 radical (unpaired) electrons. The van der Waals surface area contributed by atoms with E-state index in [1.807, 2.05) is 6.92 Å². The van der Waals surface area contributed by atoms with Crippen LogP contribution >= 0.6 is 22.9 Å². The van der Waals surface area contributed by atoms with Crippen LogP contribution in [0.25, 0.3) is 10.2 Å². The molecular formula is C9H7ClFNS. The van der Waals surface area contributed by atoms with Crippen LogP contribution in [0.5, 0.6) is 0 Å². The highest BCUT2D eigenvalue weighted by Crippen LogP contribution is 2.29. The van der Waals surface area contributed by atoms with Crippen LogP contribution in [0.4, 0.5) is 4.39 Å². The monoisotopic (exact) mass is 215 g/mol. The third-order valence-electron chi connectivity index (χ3n) is 1.76. The van der Waals surface area contributed by atoms with Gasteiger partial charge in [0.05, 0.1) is 14.7 Å². The zero-order valence-electron chi connectivity index (χ0n) is 6.97. The van der Waals surface area contributed by atoms with Gasteiger partial charge in [-0.15, -0.1) is 11.3 Å². The topological polar surface area (TPSA) is 12.9 Å². The van der Waals surface area contributed by atoms with E-state index < -0.39 is 0 Å². The fourth-order valence-electron chi connectivity index (χ4n) is 1.15. The van der Waals surface area contributed by atoms with Crippen molar-refractivity contribution in [1.82, 2.24) is 4.98 Å². The summed E-state index contributed by atoms with van der Waals surface area (Å²) in [4.78, 5) is 4.29. The van der Waals surface area contributed by atoms with Crippen LogP contribution in [0, 0.1) is 5.82 Å². The smallest absolute Gasteiger partial charge is 0.126 e. The highest BCUT2D eigenvalue weighted by atomic mass is 35.5. The van der Waals surface area contributed by atoms with Crippen molar-refractivity contribution >= 4 is 33.2 Å². The van der Waals surface area contributed by atoms with E-state index in [9.17, 15) is 4.39 Å². The summed E-state index contributed by atoms with van der Waals surface area (Å²) in [5.74, 6) is -0.302. The lowest BCUT2D eigenvalue weighted by Gasteiger charge is -1.91. The van der Waals surface area contributed by atoms with Crippen molar-refractivity contribution in [3.63, 3.8) is 0 Å². The van der Waals surface area contributed by atoms with Gasteiger partial charge in [0.1, 0.15) is 11.3 Å². The number of thiazole rings is 1. The van der Waals surface area contributed by atoms with Crippen LogP contribution in [0.2, 0.25) is 5.02 Å². The van der Waals surface area contributed by atoms with E-state index in [4.69, 9.17) is 11.6 Å². The van der Waals surface area contributed by atoms with E-state index in [1.54, 1.807) is 0 Å². The predicted octanol–water partition coefficient (Wildman–Crippen LogP) is 3.65. The third kappa shape index (κ3) is 1.54. The van der Waals surface area contributed by atoms with Crippen LogP contribution < -0.4 is 0 Å². The normalized spacial score (nSPS) is 11.0. The Morgan fingerprint density at radius 2 is 2.31 bits per heavy atom. The van der Waals surface area contributed by atoms with E-state index in [0.29, 0.717) is 10.5 Å². The highest BCUT2D eigenvalue weighted by Gasteiger charge is 2.07. The fourth-order valence-corrected chi connectivity index (χ4v) is 2.42. The molecule has 13 heavy (non-hydrogen) atoms. The molecule has 0 spiro atoms. The molecule has 68 valence electrons. The summed E-state index contributed by atoms with van der Waals surface area (Å²) in [6.45, 7) is 2.02. The molecule has 0 bridgehead atoms. The van der Waals surface area contributed by atoms with E-state index in [-0.39, 0.29) is 5.82 Å². The van der Waals surface area contributed by atoms with Crippen molar-refractivity contribution in [3.05, 3.63) is 28.0 Å². The number of aryl methyl sites for hydroxylation is 1. The number of hydrogen-bond acceptors (Lipinski definition) is 2. The predicted molar refractivity (Wildman–Crippen MR) is 54.0 cm³/mol. The summed E-state index contributed by atoms with van der Waals surface area (Å²) in [6.07, 6.45) is 0.858. The summed E-state index contributed by atoms with van der Waals surface area (Å²) in [5, 5.41) is 1.38. The lowest BCUT2D eigenvalue weighted by atomic mass is 10.3. The minimum atomic E-state index is -0.302. The molecule has 1 aromatic carbocycles. The summed E-state index contributed by atoms with van der Waals surface area (Å²) in [5.41, 5.74) is 0.713. The van der Waals surface area contributed by atoms with Gasteiger partial charge < -0.3 is 0 Å². The molecule has 0 amide bonds. The summed E-state index contributed by atoms with van der Waals surface area (Å²) in [7, 11) is 0. The van der Waals surface area contributed by atoms with Crippen molar-refractivity contribution in [2.75, 3.05) is 0 Å². The Bertz CT molecular complexity index is 452. The SMILES string of the molecule is CCc1nc2c(Cl)cc(F)cc2s1. The largest absolute Gasteiger partial charge is 0.240 e. The Balaban J connectivity index is 2.75. The Hall–Kier alpha value is -0.670. The second-order valence-corrected chi connectivity index (χ2v) is 4.22. The average Bonchev–Trinajstić information content (AvgIpc) is 2.47. The summed E-state index contributed by atoms with van der Waals surface area (Å²) in [6, 6.07) is 2.76. The maximum Gasteiger partial charge on any atom is 0.126 e. The number of fused-ring (bicyclic) bond motifs is 1. The molecule has 2 rings (SSSR count). The zero-order valence-corrected chi connectivity index (χ0v) is 8.55. The Morgan fingerprint density at radius 3 is 3.00 bits per heavy atom. The molecule has 0 aliphatic heterocycles. The van der Waals surface area contributed by atoms with Crippen molar-refractivity contribution in [2.45, 2.75) is 13.3 Å². The van der Waals surface area contributed by atoms with Crippen LogP contribution in [0.15, 0.2) is 12.1 Å². The lowest BCUT2D eigenvalue weighted by Crippen LogP contribution is -1.77. The summed E-state index contributed by atoms with van der Waals surface area (Å²) < 4.78 is 13.7. The molecule has 0 N–H and O–H groups in total. The number of benzene rings is 1. The fraction of sp³-hybridized carbons (Fsp3) is 0.222. The quantitative estimate of drug-likeness (QED) is 0.708.